The van der Waals surface area contributed by atoms with Gasteiger partial charge in [-0.3, -0.25) is 9.59 Å². The second kappa shape index (κ2) is 5.75. The molecule has 0 fully saturated rings. The van der Waals surface area contributed by atoms with Gasteiger partial charge in [-0.1, -0.05) is 16.5 Å². The largest absolute Gasteiger partial charge is 0.481 e. The Bertz CT molecular complexity index is 416. The van der Waals surface area contributed by atoms with Crippen LogP contribution in [0.4, 0.5) is 5.13 Å². The van der Waals surface area contributed by atoms with Crippen molar-refractivity contribution >= 4 is 34.4 Å². The molecule has 0 aliphatic heterocycles. The van der Waals surface area contributed by atoms with Crippen molar-refractivity contribution in [1.82, 2.24) is 10.2 Å². The molecular formula is C7H7N4O4S. The normalized spacial score (nSPS) is 11.1. The van der Waals surface area contributed by atoms with E-state index in [4.69, 9.17) is 10.8 Å². The molecule has 3 N–H and O–H groups in total. The Morgan fingerprint density at radius 1 is 1.62 bits per heavy atom. The highest BCUT2D eigenvalue weighted by Gasteiger charge is 2.10. The molecule has 0 saturated carbocycles. The fourth-order valence-corrected chi connectivity index (χ4v) is 1.21. The summed E-state index contributed by atoms with van der Waals surface area (Å²) in [4.78, 5) is 25.2. The van der Waals surface area contributed by atoms with Crippen molar-refractivity contribution in [2.45, 2.75) is 6.42 Å². The van der Waals surface area contributed by atoms with Crippen LogP contribution in [-0.2, 0) is 14.4 Å². The van der Waals surface area contributed by atoms with Gasteiger partial charge in [0.2, 0.25) is 5.13 Å². The third-order valence-electron chi connectivity index (χ3n) is 1.30. The van der Waals surface area contributed by atoms with E-state index in [1.165, 1.54) is 6.29 Å². The van der Waals surface area contributed by atoms with Crippen molar-refractivity contribution in [2.24, 2.45) is 5.16 Å². The maximum absolute atomic E-state index is 10.5. The van der Waals surface area contributed by atoms with Crippen LogP contribution in [-0.4, -0.2) is 39.9 Å². The zero-order valence-electron chi connectivity index (χ0n) is 7.91. The van der Waals surface area contributed by atoms with Crippen molar-refractivity contribution in [3.63, 3.8) is 0 Å². The van der Waals surface area contributed by atoms with Gasteiger partial charge in [-0.25, -0.2) is 0 Å². The molecule has 0 aliphatic rings. The Morgan fingerprint density at radius 2 is 2.38 bits per heavy atom. The fraction of sp³-hybridized carbons (Fsp3) is 0.286. The van der Waals surface area contributed by atoms with Crippen LogP contribution < -0.4 is 5.73 Å². The van der Waals surface area contributed by atoms with Crippen LogP contribution in [0, 0.1) is 0 Å². The number of nitrogens with zero attached hydrogens (tertiary/aromatic N) is 3. The molecule has 1 rings (SSSR count). The molecule has 0 aliphatic carbocycles. The molecule has 1 aromatic heterocycles. The summed E-state index contributed by atoms with van der Waals surface area (Å²) >= 11 is 0.951. The molecular weight excluding hydrogens is 236 g/mol. The molecule has 1 radical (unpaired) electrons. The summed E-state index contributed by atoms with van der Waals surface area (Å²) in [5.41, 5.74) is 5.11. The number of aromatic nitrogens is 2. The van der Waals surface area contributed by atoms with E-state index in [1.807, 2.05) is 0 Å². The Morgan fingerprint density at radius 3 is 2.88 bits per heavy atom. The van der Waals surface area contributed by atoms with Crippen LogP contribution in [0.3, 0.4) is 0 Å². The molecule has 0 amide bonds. The van der Waals surface area contributed by atoms with Gasteiger partial charge in [-0.05, 0) is 0 Å². The summed E-state index contributed by atoms with van der Waals surface area (Å²) in [7, 11) is 0. The standard InChI is InChI=1S/C7H7N4O4S/c8-7-10-9-6(16-7)4(3-12)11-15-2-1-5(13)14/h1-2H2,(H2,8,10)(H,13,14)/b11-4+. The summed E-state index contributed by atoms with van der Waals surface area (Å²) in [6.07, 6.45) is 1.29. The highest BCUT2D eigenvalue weighted by molar-refractivity contribution is 7.17. The number of carboxylic acids is 1. The van der Waals surface area contributed by atoms with Gasteiger partial charge in [-0.15, -0.1) is 10.2 Å². The Labute approximate surface area is 93.7 Å². The van der Waals surface area contributed by atoms with Crippen LogP contribution in [0.2, 0.25) is 0 Å². The van der Waals surface area contributed by atoms with Crippen molar-refractivity contribution in [3.8, 4) is 0 Å². The lowest BCUT2D eigenvalue weighted by Crippen LogP contribution is -2.05. The number of hydrogen-bond donors (Lipinski definition) is 2. The molecule has 0 atom stereocenters. The van der Waals surface area contributed by atoms with Gasteiger partial charge < -0.3 is 15.7 Å². The number of nitrogens with two attached hydrogens (primary N) is 1. The van der Waals surface area contributed by atoms with Gasteiger partial charge in [0.1, 0.15) is 6.61 Å². The molecule has 0 aromatic carbocycles. The van der Waals surface area contributed by atoms with E-state index < -0.39 is 5.97 Å². The molecule has 16 heavy (non-hydrogen) atoms. The predicted molar refractivity (Wildman–Crippen MR) is 54.8 cm³/mol. The van der Waals surface area contributed by atoms with Crippen LogP contribution in [0.15, 0.2) is 5.16 Å². The first kappa shape index (κ1) is 12.0. The van der Waals surface area contributed by atoms with Crippen molar-refractivity contribution in [1.29, 1.82) is 0 Å². The van der Waals surface area contributed by atoms with E-state index in [0.717, 1.165) is 11.3 Å². The van der Waals surface area contributed by atoms with Crippen molar-refractivity contribution < 1.29 is 19.5 Å². The van der Waals surface area contributed by atoms with Crippen LogP contribution in [0.1, 0.15) is 11.4 Å². The molecule has 0 saturated heterocycles. The molecule has 9 heteroatoms. The van der Waals surface area contributed by atoms with Gasteiger partial charge in [0.15, 0.2) is 10.7 Å². The minimum atomic E-state index is -1.02. The van der Waals surface area contributed by atoms with E-state index in [1.54, 1.807) is 0 Å². The molecule has 8 nitrogen and oxygen atoms in total. The van der Waals surface area contributed by atoms with Crippen LogP contribution in [0.5, 0.6) is 0 Å². The maximum atomic E-state index is 10.5. The van der Waals surface area contributed by atoms with Gasteiger partial charge in [0, 0.05) is 0 Å². The topological polar surface area (TPSA) is 128 Å². The number of rotatable bonds is 6. The van der Waals surface area contributed by atoms with E-state index >= 15 is 0 Å². The van der Waals surface area contributed by atoms with E-state index in [-0.39, 0.29) is 28.9 Å². The third kappa shape index (κ3) is 3.61. The minimum absolute atomic E-state index is 0.144. The summed E-state index contributed by atoms with van der Waals surface area (Å²) < 4.78 is 0. The molecule has 0 unspecified atom stereocenters. The van der Waals surface area contributed by atoms with Gasteiger partial charge in [0.05, 0.1) is 6.42 Å². The lowest BCUT2D eigenvalue weighted by molar-refractivity contribution is -0.138. The molecule has 85 valence electrons. The minimum Gasteiger partial charge on any atom is -0.481 e. The Hall–Kier alpha value is -2.03. The van der Waals surface area contributed by atoms with E-state index in [2.05, 4.69) is 20.2 Å². The summed E-state index contributed by atoms with van der Waals surface area (Å²) in [6, 6.07) is 0. The summed E-state index contributed by atoms with van der Waals surface area (Å²) in [5.74, 6) is -1.02. The van der Waals surface area contributed by atoms with Crippen molar-refractivity contribution in [2.75, 3.05) is 12.3 Å². The first-order valence-corrected chi connectivity index (χ1v) is 4.84. The van der Waals surface area contributed by atoms with Crippen molar-refractivity contribution in [3.05, 3.63) is 5.01 Å². The predicted octanol–water partition coefficient (Wildman–Crippen LogP) is -0.575. The maximum Gasteiger partial charge on any atom is 0.306 e. The Balaban J connectivity index is 2.57. The number of hydrogen-bond acceptors (Lipinski definition) is 8. The lowest BCUT2D eigenvalue weighted by atomic mass is 10.4. The second-order valence-corrected chi connectivity index (χ2v) is 3.47. The number of carboxylic acid groups (broad SMARTS) is 1. The van der Waals surface area contributed by atoms with Gasteiger partial charge >= 0.3 is 5.97 Å². The number of oxime groups is 1. The van der Waals surface area contributed by atoms with Crippen LogP contribution >= 0.6 is 11.3 Å². The average Bonchev–Trinajstić information content (AvgIpc) is 2.64. The highest BCUT2D eigenvalue weighted by atomic mass is 32.1. The van der Waals surface area contributed by atoms with Gasteiger partial charge in [0.25, 0.3) is 6.29 Å². The lowest BCUT2D eigenvalue weighted by Gasteiger charge is -1.95. The number of aliphatic carboxylic acids is 1. The molecule has 0 bridgehead atoms. The first-order chi connectivity index (χ1) is 7.63. The zero-order chi connectivity index (χ0) is 12.0. The third-order valence-corrected chi connectivity index (χ3v) is 2.06. The molecule has 1 heterocycles. The zero-order valence-corrected chi connectivity index (χ0v) is 8.73. The summed E-state index contributed by atoms with van der Waals surface area (Å²) in [5, 5.41) is 19.1. The molecule has 0 spiro atoms. The highest BCUT2D eigenvalue weighted by Crippen LogP contribution is 2.11. The first-order valence-electron chi connectivity index (χ1n) is 4.02. The number of carbonyl (C=O) groups is 1. The summed E-state index contributed by atoms with van der Waals surface area (Å²) in [6.45, 7) is -0.144. The van der Waals surface area contributed by atoms with Gasteiger partial charge in [-0.2, -0.15) is 0 Å². The SMILES string of the molecule is Nc1nnc(/C([C]=O)=N/OCCC(=O)O)s1. The number of anilines is 1. The van der Waals surface area contributed by atoms with E-state index in [9.17, 15) is 9.59 Å². The second-order valence-electron chi connectivity index (χ2n) is 2.46. The Kier molecular flexibility index (Phi) is 4.33. The number of nitrogen functional groups attached to an aromatic ring is 1. The quantitative estimate of drug-likeness (QED) is 0.388. The average molecular weight is 243 g/mol. The van der Waals surface area contributed by atoms with Crippen LogP contribution in [0.25, 0.3) is 0 Å². The monoisotopic (exact) mass is 243 g/mol. The smallest absolute Gasteiger partial charge is 0.306 e. The number of carbonyl (C=O) groups excluding carboxylic acids is 1. The van der Waals surface area contributed by atoms with E-state index in [0.29, 0.717) is 0 Å². The fourth-order valence-electron chi connectivity index (χ4n) is 0.675. The molecule has 1 aromatic rings.